The zero-order valence-corrected chi connectivity index (χ0v) is 19.7. The summed E-state index contributed by atoms with van der Waals surface area (Å²) < 4.78 is 26.8. The molecule has 0 aliphatic heterocycles. The van der Waals surface area contributed by atoms with Crippen molar-refractivity contribution >= 4 is 55.4 Å². The van der Waals surface area contributed by atoms with Gasteiger partial charge in [-0.2, -0.15) is 5.10 Å². The number of rotatable bonds is 7. The number of amides is 1. The SMILES string of the molecule is CS(=O)(=O)N(Cc1ccc(Cl)cc1)c1ccc(C(=O)N/N=C\c2cccc(Br)c2)cc1. The molecular formula is C22H19BrClN3O3S. The summed E-state index contributed by atoms with van der Waals surface area (Å²) in [6.45, 7) is 0.151. The molecule has 0 aliphatic carbocycles. The Morgan fingerprint density at radius 3 is 2.39 bits per heavy atom. The first-order chi connectivity index (χ1) is 14.7. The van der Waals surface area contributed by atoms with Crippen LogP contribution in [0.4, 0.5) is 5.69 Å². The number of hydrogen-bond acceptors (Lipinski definition) is 4. The smallest absolute Gasteiger partial charge is 0.267 e. The lowest BCUT2D eigenvalue weighted by Gasteiger charge is -2.22. The van der Waals surface area contributed by atoms with Crippen LogP contribution in [0, 0.1) is 0 Å². The molecular weight excluding hydrogens is 502 g/mol. The molecule has 0 heterocycles. The predicted molar refractivity (Wildman–Crippen MR) is 128 cm³/mol. The second-order valence-electron chi connectivity index (χ2n) is 6.70. The van der Waals surface area contributed by atoms with Crippen LogP contribution in [0.2, 0.25) is 5.02 Å². The maximum atomic E-state index is 12.3. The van der Waals surface area contributed by atoms with Crippen LogP contribution < -0.4 is 9.73 Å². The standard InChI is InChI=1S/C22H19BrClN3O3S/c1-31(29,30)27(15-16-5-9-20(24)10-6-16)21-11-7-18(8-12-21)22(28)26-25-14-17-3-2-4-19(23)13-17/h2-14H,15H2,1H3,(H,26,28)/b25-14-. The molecule has 0 unspecified atom stereocenters. The second kappa shape index (κ2) is 10.1. The minimum Gasteiger partial charge on any atom is -0.267 e. The third-order valence-electron chi connectivity index (χ3n) is 4.29. The molecule has 6 nitrogen and oxygen atoms in total. The van der Waals surface area contributed by atoms with E-state index in [2.05, 4.69) is 26.5 Å². The summed E-state index contributed by atoms with van der Waals surface area (Å²) in [5.74, 6) is -0.401. The van der Waals surface area contributed by atoms with Crippen LogP contribution in [-0.4, -0.2) is 26.8 Å². The summed E-state index contributed by atoms with van der Waals surface area (Å²) in [4.78, 5) is 12.3. The van der Waals surface area contributed by atoms with Crippen molar-refractivity contribution in [1.29, 1.82) is 0 Å². The summed E-state index contributed by atoms with van der Waals surface area (Å²) in [6, 6.07) is 20.7. The number of benzene rings is 3. The average Bonchev–Trinajstić information content (AvgIpc) is 2.72. The summed E-state index contributed by atoms with van der Waals surface area (Å²) in [7, 11) is -3.54. The molecule has 0 saturated carbocycles. The Morgan fingerprint density at radius 2 is 1.77 bits per heavy atom. The molecule has 9 heteroatoms. The summed E-state index contributed by atoms with van der Waals surface area (Å²) in [6.07, 6.45) is 2.68. The fraction of sp³-hybridized carbons (Fsp3) is 0.0909. The first-order valence-corrected chi connectivity index (χ1v) is 12.2. The number of carbonyl (C=O) groups excluding carboxylic acids is 1. The van der Waals surface area contributed by atoms with Gasteiger partial charge in [0.1, 0.15) is 0 Å². The number of halogens is 2. The zero-order chi connectivity index (χ0) is 22.4. The fourth-order valence-electron chi connectivity index (χ4n) is 2.75. The van der Waals surface area contributed by atoms with Crippen molar-refractivity contribution < 1.29 is 13.2 Å². The highest BCUT2D eigenvalue weighted by molar-refractivity contribution is 9.10. The van der Waals surface area contributed by atoms with E-state index in [-0.39, 0.29) is 6.54 Å². The van der Waals surface area contributed by atoms with Crippen molar-refractivity contribution in [3.05, 3.63) is 99.0 Å². The Hall–Kier alpha value is -2.68. The maximum Gasteiger partial charge on any atom is 0.271 e. The van der Waals surface area contributed by atoms with Crippen molar-refractivity contribution in [2.24, 2.45) is 5.10 Å². The molecule has 3 aromatic carbocycles. The first-order valence-electron chi connectivity index (χ1n) is 9.13. The number of anilines is 1. The lowest BCUT2D eigenvalue weighted by molar-refractivity contribution is 0.0955. The van der Waals surface area contributed by atoms with E-state index >= 15 is 0 Å². The van der Waals surface area contributed by atoms with Gasteiger partial charge in [-0.1, -0.05) is 51.8 Å². The van der Waals surface area contributed by atoms with Gasteiger partial charge < -0.3 is 0 Å². The van der Waals surface area contributed by atoms with Gasteiger partial charge in [0.25, 0.3) is 5.91 Å². The molecule has 3 rings (SSSR count). The quantitative estimate of drug-likeness (QED) is 0.358. The number of carbonyl (C=O) groups is 1. The van der Waals surface area contributed by atoms with Crippen molar-refractivity contribution in [3.8, 4) is 0 Å². The van der Waals surface area contributed by atoms with Gasteiger partial charge in [-0.25, -0.2) is 13.8 Å². The highest BCUT2D eigenvalue weighted by Gasteiger charge is 2.18. The number of nitrogens with one attached hydrogen (secondary N) is 1. The molecule has 160 valence electrons. The van der Waals surface area contributed by atoms with E-state index in [1.54, 1.807) is 48.5 Å². The maximum absolute atomic E-state index is 12.3. The van der Waals surface area contributed by atoms with Gasteiger partial charge >= 0.3 is 0 Å². The largest absolute Gasteiger partial charge is 0.271 e. The Labute approximate surface area is 194 Å². The van der Waals surface area contributed by atoms with Crippen LogP contribution in [0.3, 0.4) is 0 Å². The third kappa shape index (κ3) is 6.65. The molecule has 0 radical (unpaired) electrons. The molecule has 0 saturated heterocycles. The highest BCUT2D eigenvalue weighted by atomic mass is 79.9. The van der Waals surface area contributed by atoms with Crippen molar-refractivity contribution in [1.82, 2.24) is 5.43 Å². The van der Waals surface area contributed by atoms with Crippen LogP contribution in [0.25, 0.3) is 0 Å². The van der Waals surface area contributed by atoms with Crippen LogP contribution in [0.1, 0.15) is 21.5 Å². The van der Waals surface area contributed by atoms with Crippen molar-refractivity contribution in [2.45, 2.75) is 6.54 Å². The Bertz CT molecular complexity index is 1200. The van der Waals surface area contributed by atoms with Crippen LogP contribution in [0.15, 0.2) is 82.4 Å². The van der Waals surface area contributed by atoms with Crippen LogP contribution >= 0.6 is 27.5 Å². The van der Waals surface area contributed by atoms with Gasteiger partial charge in [-0.3, -0.25) is 9.10 Å². The molecule has 1 amide bonds. The second-order valence-corrected chi connectivity index (χ2v) is 9.96. The first kappa shape index (κ1) is 23.0. The number of hydrazone groups is 1. The molecule has 0 atom stereocenters. The Balaban J connectivity index is 1.71. The van der Waals surface area contributed by atoms with E-state index in [0.29, 0.717) is 16.3 Å². The van der Waals surface area contributed by atoms with Crippen LogP contribution in [0.5, 0.6) is 0 Å². The molecule has 0 bridgehead atoms. The lowest BCUT2D eigenvalue weighted by Crippen LogP contribution is -2.29. The van der Waals surface area contributed by atoms with Gasteiger partial charge in [0.15, 0.2) is 0 Å². The van der Waals surface area contributed by atoms with Gasteiger partial charge in [0.2, 0.25) is 10.0 Å². The van der Waals surface area contributed by atoms with Crippen molar-refractivity contribution in [2.75, 3.05) is 10.6 Å². The number of nitrogens with zero attached hydrogens (tertiary/aromatic N) is 2. The fourth-order valence-corrected chi connectivity index (χ4v) is 4.18. The molecule has 0 fully saturated rings. The minimum atomic E-state index is -3.54. The predicted octanol–water partition coefficient (Wildman–Crippen LogP) is 4.83. The van der Waals surface area contributed by atoms with E-state index < -0.39 is 15.9 Å². The van der Waals surface area contributed by atoms with E-state index in [9.17, 15) is 13.2 Å². The summed E-state index contributed by atoms with van der Waals surface area (Å²) in [5, 5.41) is 4.53. The third-order valence-corrected chi connectivity index (χ3v) is 6.17. The van der Waals surface area contributed by atoms with E-state index in [1.165, 1.54) is 10.5 Å². The van der Waals surface area contributed by atoms with Gasteiger partial charge in [0.05, 0.1) is 24.7 Å². The lowest BCUT2D eigenvalue weighted by atomic mass is 10.2. The van der Waals surface area contributed by atoms with Gasteiger partial charge in [-0.15, -0.1) is 0 Å². The van der Waals surface area contributed by atoms with Crippen LogP contribution in [-0.2, 0) is 16.6 Å². The van der Waals surface area contributed by atoms with E-state index in [1.807, 2.05) is 24.3 Å². The topological polar surface area (TPSA) is 78.8 Å². The molecule has 3 aromatic rings. The normalized spacial score (nSPS) is 11.5. The monoisotopic (exact) mass is 519 g/mol. The van der Waals surface area contributed by atoms with Gasteiger partial charge in [-0.05, 0) is 59.7 Å². The average molecular weight is 521 g/mol. The Morgan fingerprint density at radius 1 is 1.10 bits per heavy atom. The number of sulfonamides is 1. The molecule has 0 spiro atoms. The van der Waals surface area contributed by atoms with Gasteiger partial charge in [0, 0.05) is 15.1 Å². The van der Waals surface area contributed by atoms with Crippen molar-refractivity contribution in [3.63, 3.8) is 0 Å². The van der Waals surface area contributed by atoms with E-state index in [4.69, 9.17) is 11.6 Å². The highest BCUT2D eigenvalue weighted by Crippen LogP contribution is 2.22. The molecule has 0 aliphatic rings. The van der Waals surface area contributed by atoms with E-state index in [0.717, 1.165) is 21.9 Å². The summed E-state index contributed by atoms with van der Waals surface area (Å²) in [5.41, 5.74) is 4.89. The molecule has 0 aromatic heterocycles. The minimum absolute atomic E-state index is 0.151. The number of hydrogen-bond donors (Lipinski definition) is 1. The summed E-state index contributed by atoms with van der Waals surface area (Å²) >= 11 is 9.27. The Kier molecular flexibility index (Phi) is 7.48. The zero-order valence-electron chi connectivity index (χ0n) is 16.5. The molecule has 1 N–H and O–H groups in total. The molecule has 31 heavy (non-hydrogen) atoms.